The maximum Gasteiger partial charge on any atom is 0.129 e. The lowest BCUT2D eigenvalue weighted by Crippen LogP contribution is -2.09. The molecule has 0 bridgehead atoms. The molecule has 1 aromatic heterocycles. The van der Waals surface area contributed by atoms with Gasteiger partial charge in [0.25, 0.3) is 0 Å². The first-order valence-electron chi connectivity index (χ1n) is 7.15. The Hall–Kier alpha value is -3.00. The Morgan fingerprint density at radius 3 is 2.52 bits per heavy atom. The van der Waals surface area contributed by atoms with Crippen molar-refractivity contribution in [2.24, 2.45) is 0 Å². The van der Waals surface area contributed by atoms with Crippen molar-refractivity contribution in [3.8, 4) is 6.07 Å². The van der Waals surface area contributed by atoms with Crippen molar-refractivity contribution < 1.29 is 8.78 Å². The zero-order valence-corrected chi connectivity index (χ0v) is 12.2. The standard InChI is InChI=1S/C18H13F2N3/c19-15-5-3-6-16(20)13(15)8-9-22-18-12(10-21)11-23-17-7-2-1-4-14(17)18/h1-7,11H,8-9H2,(H,22,23). The third-order valence-corrected chi connectivity index (χ3v) is 3.63. The summed E-state index contributed by atoms with van der Waals surface area (Å²) in [5, 5.41) is 13.2. The van der Waals surface area contributed by atoms with Gasteiger partial charge >= 0.3 is 0 Å². The van der Waals surface area contributed by atoms with E-state index in [4.69, 9.17) is 0 Å². The van der Waals surface area contributed by atoms with E-state index in [0.29, 0.717) is 17.8 Å². The van der Waals surface area contributed by atoms with E-state index in [-0.39, 0.29) is 12.0 Å². The summed E-state index contributed by atoms with van der Waals surface area (Å²) in [6.07, 6.45) is 1.67. The lowest BCUT2D eigenvalue weighted by Gasteiger charge is -2.12. The fourth-order valence-electron chi connectivity index (χ4n) is 2.50. The number of benzene rings is 2. The molecule has 0 spiro atoms. The average Bonchev–Trinajstić information content (AvgIpc) is 2.57. The Bertz CT molecular complexity index is 880. The fourth-order valence-corrected chi connectivity index (χ4v) is 2.50. The minimum Gasteiger partial charge on any atom is -0.383 e. The number of rotatable bonds is 4. The summed E-state index contributed by atoms with van der Waals surface area (Å²) in [5.74, 6) is -1.13. The molecule has 0 aliphatic heterocycles. The van der Waals surface area contributed by atoms with Crippen molar-refractivity contribution in [3.05, 3.63) is 71.4 Å². The van der Waals surface area contributed by atoms with Crippen molar-refractivity contribution >= 4 is 16.6 Å². The first-order chi connectivity index (χ1) is 11.2. The maximum absolute atomic E-state index is 13.6. The fraction of sp³-hybridized carbons (Fsp3) is 0.111. The third-order valence-electron chi connectivity index (χ3n) is 3.63. The summed E-state index contributed by atoms with van der Waals surface area (Å²) < 4.78 is 27.3. The van der Waals surface area contributed by atoms with Crippen molar-refractivity contribution in [2.45, 2.75) is 6.42 Å². The van der Waals surface area contributed by atoms with E-state index in [9.17, 15) is 14.0 Å². The summed E-state index contributed by atoms with van der Waals surface area (Å²) in [6, 6.07) is 13.3. The molecule has 0 aliphatic carbocycles. The number of aromatic nitrogens is 1. The van der Waals surface area contributed by atoms with Gasteiger partial charge in [0.15, 0.2) is 0 Å². The molecule has 0 atom stereocenters. The third kappa shape index (κ3) is 2.97. The van der Waals surface area contributed by atoms with Crippen molar-refractivity contribution in [1.29, 1.82) is 5.26 Å². The monoisotopic (exact) mass is 309 g/mol. The molecule has 2 aromatic carbocycles. The van der Waals surface area contributed by atoms with Crippen LogP contribution in [0, 0.1) is 23.0 Å². The van der Waals surface area contributed by atoms with Crippen LogP contribution >= 0.6 is 0 Å². The molecule has 0 radical (unpaired) electrons. The molecular formula is C18H13F2N3. The number of hydrogen-bond acceptors (Lipinski definition) is 3. The zero-order chi connectivity index (χ0) is 16.2. The molecule has 0 saturated heterocycles. The summed E-state index contributed by atoms with van der Waals surface area (Å²) in [7, 11) is 0. The molecule has 0 unspecified atom stereocenters. The molecule has 114 valence electrons. The second-order valence-electron chi connectivity index (χ2n) is 5.05. The van der Waals surface area contributed by atoms with Gasteiger partial charge in [0.05, 0.1) is 16.8 Å². The summed E-state index contributed by atoms with van der Waals surface area (Å²) in [5.41, 5.74) is 1.83. The van der Waals surface area contributed by atoms with Crippen LogP contribution in [0.15, 0.2) is 48.7 Å². The molecule has 3 aromatic rings. The Morgan fingerprint density at radius 2 is 1.78 bits per heavy atom. The Morgan fingerprint density at radius 1 is 1.04 bits per heavy atom. The largest absolute Gasteiger partial charge is 0.383 e. The van der Waals surface area contributed by atoms with E-state index >= 15 is 0 Å². The lowest BCUT2D eigenvalue weighted by molar-refractivity contribution is 0.557. The first-order valence-corrected chi connectivity index (χ1v) is 7.15. The molecule has 0 amide bonds. The highest BCUT2D eigenvalue weighted by Crippen LogP contribution is 2.25. The summed E-state index contributed by atoms with van der Waals surface area (Å²) in [4.78, 5) is 4.22. The van der Waals surface area contributed by atoms with E-state index in [1.54, 1.807) is 0 Å². The number of nitrogens with zero attached hydrogens (tertiary/aromatic N) is 2. The van der Waals surface area contributed by atoms with Crippen LogP contribution in [0.5, 0.6) is 0 Å². The molecule has 1 heterocycles. The van der Waals surface area contributed by atoms with Gasteiger partial charge in [-0.3, -0.25) is 4.98 Å². The summed E-state index contributed by atoms with van der Waals surface area (Å²) >= 11 is 0. The number of pyridine rings is 1. The molecule has 3 nitrogen and oxygen atoms in total. The predicted octanol–water partition coefficient (Wildman–Crippen LogP) is 4.04. The number of anilines is 1. The molecule has 5 heteroatoms. The quantitative estimate of drug-likeness (QED) is 0.791. The number of nitrogens with one attached hydrogen (secondary N) is 1. The Kier molecular flexibility index (Phi) is 4.15. The molecule has 0 saturated carbocycles. The van der Waals surface area contributed by atoms with Gasteiger partial charge in [-0.25, -0.2) is 8.78 Å². The van der Waals surface area contributed by atoms with Gasteiger partial charge < -0.3 is 5.32 Å². The van der Waals surface area contributed by atoms with Crippen molar-refractivity contribution in [2.75, 3.05) is 11.9 Å². The van der Waals surface area contributed by atoms with Gasteiger partial charge in [0, 0.05) is 23.7 Å². The summed E-state index contributed by atoms with van der Waals surface area (Å²) in [6.45, 7) is 0.306. The molecule has 3 rings (SSSR count). The van der Waals surface area contributed by atoms with E-state index in [2.05, 4.69) is 16.4 Å². The van der Waals surface area contributed by atoms with E-state index in [0.717, 1.165) is 10.9 Å². The van der Waals surface area contributed by atoms with Gasteiger partial charge in [-0.05, 0) is 24.6 Å². The lowest BCUT2D eigenvalue weighted by atomic mass is 10.1. The van der Waals surface area contributed by atoms with Gasteiger partial charge in [0.1, 0.15) is 17.7 Å². The highest BCUT2D eigenvalue weighted by Gasteiger charge is 2.10. The van der Waals surface area contributed by atoms with Gasteiger partial charge in [-0.15, -0.1) is 0 Å². The van der Waals surface area contributed by atoms with E-state index < -0.39 is 11.6 Å². The Balaban J connectivity index is 1.86. The second kappa shape index (κ2) is 6.41. The van der Waals surface area contributed by atoms with Crippen LogP contribution in [0.1, 0.15) is 11.1 Å². The van der Waals surface area contributed by atoms with Crippen LogP contribution in [-0.2, 0) is 6.42 Å². The predicted molar refractivity (Wildman–Crippen MR) is 85.0 cm³/mol. The average molecular weight is 309 g/mol. The molecule has 0 aliphatic rings. The van der Waals surface area contributed by atoms with Crippen LogP contribution in [0.25, 0.3) is 10.9 Å². The van der Waals surface area contributed by atoms with Crippen molar-refractivity contribution in [3.63, 3.8) is 0 Å². The van der Waals surface area contributed by atoms with Crippen LogP contribution in [0.4, 0.5) is 14.5 Å². The number of para-hydroxylation sites is 1. The number of halogens is 2. The van der Waals surface area contributed by atoms with E-state index in [1.807, 2.05) is 24.3 Å². The van der Waals surface area contributed by atoms with Crippen LogP contribution in [-0.4, -0.2) is 11.5 Å². The zero-order valence-electron chi connectivity index (χ0n) is 12.2. The van der Waals surface area contributed by atoms with Gasteiger partial charge in [-0.1, -0.05) is 24.3 Å². The Labute approximate surface area is 132 Å². The van der Waals surface area contributed by atoms with E-state index in [1.165, 1.54) is 24.4 Å². The normalized spacial score (nSPS) is 10.5. The topological polar surface area (TPSA) is 48.7 Å². The smallest absolute Gasteiger partial charge is 0.129 e. The maximum atomic E-state index is 13.6. The SMILES string of the molecule is N#Cc1cnc2ccccc2c1NCCc1c(F)cccc1F. The highest BCUT2D eigenvalue weighted by atomic mass is 19.1. The molecule has 0 fully saturated rings. The van der Waals surface area contributed by atoms with Crippen LogP contribution in [0.3, 0.4) is 0 Å². The number of nitriles is 1. The molecule has 1 N–H and O–H groups in total. The highest BCUT2D eigenvalue weighted by molar-refractivity contribution is 5.93. The second-order valence-corrected chi connectivity index (χ2v) is 5.05. The van der Waals surface area contributed by atoms with Gasteiger partial charge in [0.2, 0.25) is 0 Å². The number of fused-ring (bicyclic) bond motifs is 1. The molecular weight excluding hydrogens is 296 g/mol. The molecule has 23 heavy (non-hydrogen) atoms. The van der Waals surface area contributed by atoms with Crippen LogP contribution < -0.4 is 5.32 Å². The number of hydrogen-bond donors (Lipinski definition) is 1. The van der Waals surface area contributed by atoms with Crippen LogP contribution in [0.2, 0.25) is 0 Å². The minimum atomic E-state index is -0.563. The minimum absolute atomic E-state index is 0.0388. The van der Waals surface area contributed by atoms with Crippen molar-refractivity contribution in [1.82, 2.24) is 4.98 Å². The first kappa shape index (κ1) is 14.9. The van der Waals surface area contributed by atoms with Gasteiger partial charge in [-0.2, -0.15) is 5.26 Å².